The number of para-hydroxylation sites is 1. The van der Waals surface area contributed by atoms with E-state index < -0.39 is 14.9 Å². The number of hydrogen-bond acceptors (Lipinski definition) is 4. The van der Waals surface area contributed by atoms with Gasteiger partial charge in [0.25, 0.3) is 0 Å². The second-order valence-electron chi connectivity index (χ2n) is 2.36. The first-order chi connectivity index (χ1) is 6.18. The van der Waals surface area contributed by atoms with Crippen molar-refractivity contribution >= 4 is 35.9 Å². The molecule has 0 bridgehead atoms. The number of rotatable bonds is 4. The molecule has 1 unspecified atom stereocenters. The minimum atomic E-state index is -2.36. The van der Waals surface area contributed by atoms with Crippen LogP contribution in [0.2, 0.25) is 0 Å². The van der Waals surface area contributed by atoms with Crippen molar-refractivity contribution in [3.8, 4) is 5.75 Å². The number of benzene rings is 1. The Hall–Kier alpha value is 0.252. The van der Waals surface area contributed by atoms with Crippen molar-refractivity contribution < 1.29 is 19.0 Å². The molecule has 2 N–H and O–H groups in total. The summed E-state index contributed by atoms with van der Waals surface area (Å²) in [5.41, 5.74) is 0. The number of hydrogen-bond donors (Lipinski definition) is 2. The minimum absolute atomic E-state index is 0. The van der Waals surface area contributed by atoms with Crippen LogP contribution in [0.1, 0.15) is 6.92 Å². The summed E-state index contributed by atoms with van der Waals surface area (Å²) in [7, 11) is -2.36. The van der Waals surface area contributed by atoms with Gasteiger partial charge in [0.05, 0.1) is 0 Å². The van der Waals surface area contributed by atoms with Gasteiger partial charge in [0.2, 0.25) is 6.29 Å². The van der Waals surface area contributed by atoms with Gasteiger partial charge in [-0.15, -0.1) is 0 Å². The number of ether oxygens (including phenoxy) is 1. The van der Waals surface area contributed by atoms with Crippen molar-refractivity contribution in [1.29, 1.82) is 0 Å². The molecule has 1 aromatic carbocycles. The van der Waals surface area contributed by atoms with E-state index >= 15 is 0 Å². The van der Waals surface area contributed by atoms with Gasteiger partial charge in [-0.25, -0.2) is 0 Å². The van der Waals surface area contributed by atoms with Crippen LogP contribution in [0.25, 0.3) is 0 Å². The third-order valence-corrected chi connectivity index (χ3v) is 1.77. The van der Waals surface area contributed by atoms with Crippen molar-refractivity contribution in [3.05, 3.63) is 30.3 Å². The van der Waals surface area contributed by atoms with Crippen molar-refractivity contribution in [3.63, 3.8) is 0 Å². The van der Waals surface area contributed by atoms with Crippen LogP contribution in [0, 0.1) is 0 Å². The molecule has 0 heterocycles. The molecule has 0 aliphatic carbocycles. The molecule has 1 rings (SSSR count). The first-order valence-corrected chi connectivity index (χ1v) is 4.91. The SMILES string of the molecule is CC(Oc1ccccc1)OP(O)O.[PbH2]. The second kappa shape index (κ2) is 7.53. The van der Waals surface area contributed by atoms with E-state index in [-0.39, 0.29) is 27.3 Å². The van der Waals surface area contributed by atoms with Gasteiger partial charge < -0.3 is 14.5 Å². The van der Waals surface area contributed by atoms with Gasteiger partial charge in [-0.2, -0.15) is 0 Å². The fraction of sp³-hybridized carbons (Fsp3) is 0.250. The molecule has 6 heteroatoms. The van der Waals surface area contributed by atoms with Crippen molar-refractivity contribution in [1.82, 2.24) is 0 Å². The van der Waals surface area contributed by atoms with Gasteiger partial charge >= 0.3 is 35.9 Å². The normalized spacial score (nSPS) is 12.0. The molecule has 14 heavy (non-hydrogen) atoms. The summed E-state index contributed by atoms with van der Waals surface area (Å²) in [4.78, 5) is 17.0. The second-order valence-corrected chi connectivity index (χ2v) is 3.07. The third kappa shape index (κ3) is 5.87. The molecule has 0 fully saturated rings. The van der Waals surface area contributed by atoms with E-state index in [0.717, 1.165) is 0 Å². The first kappa shape index (κ1) is 14.3. The van der Waals surface area contributed by atoms with E-state index in [1.807, 2.05) is 18.2 Å². The molecule has 78 valence electrons. The molecule has 1 atom stereocenters. The summed E-state index contributed by atoms with van der Waals surface area (Å²) in [6.45, 7) is 1.59. The van der Waals surface area contributed by atoms with Crippen LogP contribution in [0.15, 0.2) is 30.3 Å². The zero-order valence-corrected chi connectivity index (χ0v) is 14.2. The fourth-order valence-electron chi connectivity index (χ4n) is 0.845. The molecule has 0 aromatic heterocycles. The molecular weight excluding hydrogens is 398 g/mol. The molecule has 0 aliphatic rings. The van der Waals surface area contributed by atoms with Crippen LogP contribution in [-0.2, 0) is 4.52 Å². The Labute approximate surface area is 104 Å². The predicted octanol–water partition coefficient (Wildman–Crippen LogP) is 0.723. The van der Waals surface area contributed by atoms with Gasteiger partial charge in [-0.05, 0) is 19.1 Å². The summed E-state index contributed by atoms with van der Waals surface area (Å²) in [6, 6.07) is 9.03. The van der Waals surface area contributed by atoms with E-state index in [4.69, 9.17) is 14.5 Å². The van der Waals surface area contributed by atoms with Crippen molar-refractivity contribution in [2.24, 2.45) is 0 Å². The van der Waals surface area contributed by atoms with Gasteiger partial charge in [-0.1, -0.05) is 18.2 Å². The molecule has 0 amide bonds. The van der Waals surface area contributed by atoms with Gasteiger partial charge in [0.15, 0.2) is 0 Å². The molecular formula is C8H13O4PPb. The molecule has 0 saturated heterocycles. The van der Waals surface area contributed by atoms with Gasteiger partial charge in [0.1, 0.15) is 5.75 Å². The molecule has 1 aromatic rings. The van der Waals surface area contributed by atoms with E-state index in [9.17, 15) is 0 Å². The van der Waals surface area contributed by atoms with E-state index in [1.54, 1.807) is 19.1 Å². The van der Waals surface area contributed by atoms with Crippen LogP contribution >= 0.6 is 8.60 Å². The summed E-state index contributed by atoms with van der Waals surface area (Å²) in [5, 5.41) is 0. The summed E-state index contributed by atoms with van der Waals surface area (Å²) < 4.78 is 9.81. The van der Waals surface area contributed by atoms with Crippen LogP contribution in [0.4, 0.5) is 0 Å². The van der Waals surface area contributed by atoms with E-state index in [1.165, 1.54) is 0 Å². The standard InChI is InChI=1S/C8H11O4P.Pb.2H/c1-7(12-13(9)10)11-8-5-3-2-4-6-8;;;/h2-7,9-10H,1H3;;;. The molecule has 0 spiro atoms. The topological polar surface area (TPSA) is 58.9 Å². The summed E-state index contributed by atoms with van der Waals surface area (Å²) >= 11 is 0. The van der Waals surface area contributed by atoms with E-state index in [2.05, 4.69) is 4.52 Å². The molecule has 2 radical (unpaired) electrons. The Morgan fingerprint density at radius 2 is 1.79 bits per heavy atom. The monoisotopic (exact) mass is 412 g/mol. The van der Waals surface area contributed by atoms with Crippen LogP contribution < -0.4 is 4.74 Å². The average molecular weight is 411 g/mol. The molecule has 4 nitrogen and oxygen atoms in total. The van der Waals surface area contributed by atoms with Gasteiger partial charge in [-0.3, -0.25) is 4.52 Å². The zero-order chi connectivity index (χ0) is 9.68. The van der Waals surface area contributed by atoms with Gasteiger partial charge in [0, 0.05) is 0 Å². The molecule has 0 saturated carbocycles. The maximum absolute atomic E-state index is 8.52. The fourth-order valence-corrected chi connectivity index (χ4v) is 1.15. The Kier molecular flexibility index (Phi) is 7.67. The van der Waals surface area contributed by atoms with Crippen molar-refractivity contribution in [2.75, 3.05) is 0 Å². The van der Waals surface area contributed by atoms with Crippen LogP contribution in [0.5, 0.6) is 5.75 Å². The Bertz CT molecular complexity index is 244. The van der Waals surface area contributed by atoms with E-state index in [0.29, 0.717) is 5.75 Å². The Morgan fingerprint density at radius 3 is 2.29 bits per heavy atom. The Balaban J connectivity index is 0.00000169. The Morgan fingerprint density at radius 1 is 1.21 bits per heavy atom. The molecule has 0 aliphatic heterocycles. The third-order valence-electron chi connectivity index (χ3n) is 1.29. The maximum atomic E-state index is 8.52. The zero-order valence-electron chi connectivity index (χ0n) is 7.83. The van der Waals surface area contributed by atoms with Crippen LogP contribution in [0.3, 0.4) is 0 Å². The van der Waals surface area contributed by atoms with Crippen molar-refractivity contribution in [2.45, 2.75) is 13.2 Å². The summed E-state index contributed by atoms with van der Waals surface area (Å²) in [6.07, 6.45) is -0.663. The summed E-state index contributed by atoms with van der Waals surface area (Å²) in [5.74, 6) is 0.631. The first-order valence-electron chi connectivity index (χ1n) is 3.75. The quantitative estimate of drug-likeness (QED) is 0.436. The van der Waals surface area contributed by atoms with Crippen LogP contribution in [-0.4, -0.2) is 43.4 Å². The average Bonchev–Trinajstić information content (AvgIpc) is 2.04. The predicted molar refractivity (Wildman–Crippen MR) is 57.5 cm³/mol.